The van der Waals surface area contributed by atoms with E-state index in [1.165, 1.54) is 68.1 Å². The molecule has 5 nitrogen and oxygen atoms in total. The van der Waals surface area contributed by atoms with Crippen LogP contribution in [0.5, 0.6) is 0 Å². The van der Waals surface area contributed by atoms with E-state index >= 15 is 0 Å². The molecule has 2 N–H and O–H groups in total. The molecule has 5 aliphatic rings. The highest BCUT2D eigenvalue weighted by Gasteiger charge is 2.70. The molecule has 0 radical (unpaired) electrons. The molecule has 0 amide bonds. The number of benzene rings is 1. The molecule has 276 valence electrons. The van der Waals surface area contributed by atoms with Gasteiger partial charge < -0.3 is 15.2 Å². The molecule has 5 heteroatoms. The van der Waals surface area contributed by atoms with Gasteiger partial charge in [-0.2, -0.15) is 0 Å². The molecular formula is C45H67NO4. The highest BCUT2D eigenvalue weighted by atomic mass is 16.6. The monoisotopic (exact) mass is 686 g/mol. The third kappa shape index (κ3) is 6.03. The van der Waals surface area contributed by atoms with Crippen molar-refractivity contribution in [1.29, 1.82) is 0 Å². The third-order valence-corrected chi connectivity index (χ3v) is 15.9. The number of rotatable bonds is 9. The van der Waals surface area contributed by atoms with Crippen LogP contribution < -0.4 is 5.32 Å². The van der Waals surface area contributed by atoms with Gasteiger partial charge in [-0.05, 0) is 178 Å². The fourth-order valence-corrected chi connectivity index (χ4v) is 13.6. The van der Waals surface area contributed by atoms with Crippen LogP contribution in [-0.2, 0) is 9.53 Å². The van der Waals surface area contributed by atoms with E-state index in [0.29, 0.717) is 57.8 Å². The first-order chi connectivity index (χ1) is 23.3. The highest BCUT2D eigenvalue weighted by molar-refractivity contribution is 5.88. The van der Waals surface area contributed by atoms with Crippen LogP contribution in [0, 0.1) is 56.7 Å². The number of hydrogen-bond donors (Lipinski definition) is 2. The maximum Gasteiger partial charge on any atom is 0.335 e. The molecule has 0 aromatic heterocycles. The molecule has 0 aliphatic heterocycles. The van der Waals surface area contributed by atoms with Crippen molar-refractivity contribution in [3.63, 3.8) is 0 Å². The Bertz CT molecular complexity index is 1520. The molecule has 1 aromatic rings. The number of carbonyl (C=O) groups excluding carboxylic acids is 1. The van der Waals surface area contributed by atoms with Crippen molar-refractivity contribution in [1.82, 2.24) is 5.32 Å². The number of esters is 1. The van der Waals surface area contributed by atoms with Crippen molar-refractivity contribution in [3.05, 3.63) is 53.6 Å². The zero-order valence-corrected chi connectivity index (χ0v) is 32.8. The van der Waals surface area contributed by atoms with E-state index in [1.54, 1.807) is 12.1 Å². The van der Waals surface area contributed by atoms with Gasteiger partial charge in [0.1, 0.15) is 5.60 Å². The Morgan fingerprint density at radius 3 is 2.26 bits per heavy atom. The van der Waals surface area contributed by atoms with E-state index in [4.69, 9.17) is 4.74 Å². The summed E-state index contributed by atoms with van der Waals surface area (Å²) in [7, 11) is 0. The van der Waals surface area contributed by atoms with Crippen LogP contribution in [0.15, 0.2) is 42.5 Å². The fraction of sp³-hybridized carbons (Fsp3) is 0.733. The summed E-state index contributed by atoms with van der Waals surface area (Å²) in [5.41, 5.74) is 5.05. The maximum absolute atomic E-state index is 12.3. The molecule has 6 rings (SSSR count). The Hall–Kier alpha value is -2.40. The van der Waals surface area contributed by atoms with Gasteiger partial charge >= 0.3 is 11.9 Å². The summed E-state index contributed by atoms with van der Waals surface area (Å²) in [4.78, 5) is 23.9. The van der Waals surface area contributed by atoms with Crippen molar-refractivity contribution < 1.29 is 19.4 Å². The van der Waals surface area contributed by atoms with Gasteiger partial charge in [-0.25, -0.2) is 4.79 Å². The van der Waals surface area contributed by atoms with Crippen molar-refractivity contribution in [2.24, 2.45) is 56.7 Å². The van der Waals surface area contributed by atoms with Gasteiger partial charge in [0, 0.05) is 13.0 Å². The number of aromatic carboxylic acids is 1. The van der Waals surface area contributed by atoms with E-state index in [0.717, 1.165) is 25.9 Å². The highest BCUT2D eigenvalue weighted by Crippen LogP contribution is 2.77. The molecule has 0 spiro atoms. The average Bonchev–Trinajstić information content (AvgIpc) is 3.40. The maximum atomic E-state index is 12.3. The number of nitrogens with one attached hydrogen (secondary N) is 1. The summed E-state index contributed by atoms with van der Waals surface area (Å²) < 4.78 is 5.56. The molecule has 9 unspecified atom stereocenters. The lowest BCUT2D eigenvalue weighted by atomic mass is 9.32. The lowest BCUT2D eigenvalue weighted by Gasteiger charge is -2.72. The predicted molar refractivity (Wildman–Crippen MR) is 204 cm³/mol. The van der Waals surface area contributed by atoms with E-state index in [-0.39, 0.29) is 16.8 Å². The minimum atomic E-state index is -0.865. The van der Waals surface area contributed by atoms with Crippen LogP contribution in [0.1, 0.15) is 149 Å². The van der Waals surface area contributed by atoms with Gasteiger partial charge in [0.15, 0.2) is 0 Å². The summed E-state index contributed by atoms with van der Waals surface area (Å²) in [6, 6.07) is 7.60. The van der Waals surface area contributed by atoms with Crippen molar-refractivity contribution >= 4 is 17.5 Å². The summed E-state index contributed by atoms with van der Waals surface area (Å²) in [5, 5.41) is 13.4. The first-order valence-corrected chi connectivity index (χ1v) is 19.9. The summed E-state index contributed by atoms with van der Waals surface area (Å²) >= 11 is 0. The van der Waals surface area contributed by atoms with Crippen LogP contribution in [0.2, 0.25) is 0 Å². The quantitative estimate of drug-likeness (QED) is 0.154. The summed E-state index contributed by atoms with van der Waals surface area (Å²) in [6.07, 6.45) is 15.3. The van der Waals surface area contributed by atoms with Gasteiger partial charge in [-0.1, -0.05) is 65.0 Å². The van der Waals surface area contributed by atoms with Crippen LogP contribution in [-0.4, -0.2) is 35.7 Å². The van der Waals surface area contributed by atoms with Gasteiger partial charge in [-0.15, -0.1) is 0 Å². The Morgan fingerprint density at radius 1 is 0.920 bits per heavy atom. The van der Waals surface area contributed by atoms with Crippen molar-refractivity contribution in [2.75, 3.05) is 13.1 Å². The van der Waals surface area contributed by atoms with E-state index in [2.05, 4.69) is 59.5 Å². The molecular weight excluding hydrogens is 618 g/mol. The Labute approximate surface area is 303 Å². The number of fused-ring (bicyclic) bond motifs is 7. The van der Waals surface area contributed by atoms with Crippen molar-refractivity contribution in [2.45, 2.75) is 139 Å². The molecule has 0 bridgehead atoms. The third-order valence-electron chi connectivity index (χ3n) is 15.9. The fourth-order valence-electron chi connectivity index (χ4n) is 13.6. The lowest BCUT2D eigenvalue weighted by molar-refractivity contribution is -0.225. The van der Waals surface area contributed by atoms with Crippen molar-refractivity contribution in [3.8, 4) is 0 Å². The largest absolute Gasteiger partial charge is 0.478 e. The van der Waals surface area contributed by atoms with Crippen LogP contribution in [0.4, 0.5) is 0 Å². The first kappa shape index (κ1) is 37.4. The first-order valence-electron chi connectivity index (χ1n) is 19.9. The van der Waals surface area contributed by atoms with E-state index in [9.17, 15) is 14.7 Å². The predicted octanol–water partition coefficient (Wildman–Crippen LogP) is 10.7. The second-order valence-corrected chi connectivity index (χ2v) is 19.8. The lowest BCUT2D eigenvalue weighted by Crippen LogP contribution is -2.65. The van der Waals surface area contributed by atoms with Gasteiger partial charge in [0.2, 0.25) is 0 Å². The number of carbonyl (C=O) groups is 2. The SMILES string of the molecule is C=C(C)C1CCC2(CNCCCC(=O)OC(C)(C)C)CCC3(C)C(CCC4C5(C)CC=C(c6ccc(C(=O)O)cc6)C(C)(C)C5CCC43C)C12. The smallest absolute Gasteiger partial charge is 0.335 e. The second-order valence-electron chi connectivity index (χ2n) is 19.8. The number of carboxylic acids is 1. The normalized spacial score (nSPS) is 38.9. The average molecular weight is 686 g/mol. The van der Waals surface area contributed by atoms with E-state index in [1.807, 2.05) is 32.9 Å². The van der Waals surface area contributed by atoms with Crippen LogP contribution in [0.25, 0.3) is 5.57 Å². The topological polar surface area (TPSA) is 75.6 Å². The molecule has 1 aromatic carbocycles. The second kappa shape index (κ2) is 12.9. The molecule has 4 fully saturated rings. The number of allylic oxidation sites excluding steroid dienone is 3. The van der Waals surface area contributed by atoms with E-state index < -0.39 is 11.6 Å². The Morgan fingerprint density at radius 2 is 1.62 bits per heavy atom. The molecule has 0 saturated heterocycles. The number of hydrogen-bond acceptors (Lipinski definition) is 4. The number of carboxylic acid groups (broad SMARTS) is 1. The minimum Gasteiger partial charge on any atom is -0.478 e. The molecule has 50 heavy (non-hydrogen) atoms. The zero-order valence-electron chi connectivity index (χ0n) is 32.8. The number of ether oxygens (including phenoxy) is 1. The molecule has 9 atom stereocenters. The van der Waals surface area contributed by atoms with Crippen LogP contribution >= 0.6 is 0 Å². The Kier molecular flexibility index (Phi) is 9.65. The zero-order chi connectivity index (χ0) is 36.5. The van der Waals surface area contributed by atoms with Gasteiger partial charge in [0.05, 0.1) is 5.56 Å². The molecule has 0 heterocycles. The summed E-state index contributed by atoms with van der Waals surface area (Å²) in [6.45, 7) is 27.6. The molecule has 5 aliphatic carbocycles. The summed E-state index contributed by atoms with van der Waals surface area (Å²) in [5.74, 6) is 2.30. The standard InChI is InChI=1S/C45H67NO4/c1-29(2)32-19-24-45(28-46-27-11-12-37(47)50-40(3,4)5)26-25-43(9)34(38(32)45)17-18-36-42(8)22-20-33(30-13-15-31(16-14-30)39(48)49)41(6,7)35(42)21-23-44(36,43)10/h13-16,20,32,34-36,38,46H,1,11-12,17-19,21-28H2,2-10H3,(H,48,49). The Balaban J connectivity index is 1.23. The molecule has 4 saturated carbocycles. The van der Waals surface area contributed by atoms with Crippen LogP contribution in [0.3, 0.4) is 0 Å². The van der Waals surface area contributed by atoms with Gasteiger partial charge in [0.25, 0.3) is 0 Å². The van der Waals surface area contributed by atoms with Gasteiger partial charge in [-0.3, -0.25) is 4.79 Å². The minimum absolute atomic E-state index is 0.0180.